The van der Waals surface area contributed by atoms with Gasteiger partial charge in [0.25, 0.3) is 5.91 Å². The van der Waals surface area contributed by atoms with Gasteiger partial charge in [-0.3, -0.25) is 4.79 Å². The van der Waals surface area contributed by atoms with Crippen LogP contribution in [-0.2, 0) is 6.42 Å². The Morgan fingerprint density at radius 1 is 1.30 bits per heavy atom. The lowest BCUT2D eigenvalue weighted by Gasteiger charge is -2.13. The van der Waals surface area contributed by atoms with Crippen LogP contribution in [-0.4, -0.2) is 11.0 Å². The summed E-state index contributed by atoms with van der Waals surface area (Å²) in [5.74, 6) is -0.0838. The summed E-state index contributed by atoms with van der Waals surface area (Å²) in [5, 5.41) is 12.6. The molecule has 0 atom stereocenters. The first kappa shape index (κ1) is 14.8. The monoisotopic (exact) mass is 381 g/mol. The Morgan fingerprint density at radius 3 is 2.70 bits per heavy atom. The lowest BCUT2D eigenvalue weighted by molar-refractivity contribution is 0.102. The lowest BCUT2D eigenvalue weighted by atomic mass is 10.1. The van der Waals surface area contributed by atoms with Crippen molar-refractivity contribution in [1.29, 1.82) is 0 Å². The number of nitrogens with one attached hydrogen (secondary N) is 1. The Morgan fingerprint density at radius 2 is 2.05 bits per heavy atom. The van der Waals surface area contributed by atoms with Gasteiger partial charge in [-0.25, -0.2) is 0 Å². The summed E-state index contributed by atoms with van der Waals surface area (Å²) >= 11 is 2.02. The van der Waals surface area contributed by atoms with Crippen molar-refractivity contribution < 1.29 is 9.90 Å². The van der Waals surface area contributed by atoms with Crippen molar-refractivity contribution in [3.8, 4) is 5.75 Å². The Hall–Kier alpha value is -1.56. The number of amides is 1. The highest BCUT2D eigenvalue weighted by molar-refractivity contribution is 14.1. The van der Waals surface area contributed by atoms with Crippen LogP contribution in [0.3, 0.4) is 0 Å². The lowest BCUT2D eigenvalue weighted by Crippen LogP contribution is -2.14. The van der Waals surface area contributed by atoms with E-state index in [0.717, 1.165) is 26.8 Å². The van der Waals surface area contributed by atoms with Crippen molar-refractivity contribution in [1.82, 2.24) is 0 Å². The summed E-state index contributed by atoms with van der Waals surface area (Å²) in [5.41, 5.74) is 3.45. The van der Waals surface area contributed by atoms with E-state index in [0.29, 0.717) is 5.56 Å². The van der Waals surface area contributed by atoms with Gasteiger partial charge >= 0.3 is 0 Å². The highest BCUT2D eigenvalue weighted by Gasteiger charge is 2.12. The van der Waals surface area contributed by atoms with Gasteiger partial charge in [0.05, 0.1) is 3.57 Å². The number of anilines is 1. The normalized spacial score (nSPS) is 10.3. The number of carbonyl (C=O) groups is 1. The summed E-state index contributed by atoms with van der Waals surface area (Å²) in [6.07, 6.45) is 0.856. The smallest absolute Gasteiger partial charge is 0.255 e. The molecule has 0 aliphatic heterocycles. The zero-order valence-corrected chi connectivity index (χ0v) is 13.6. The van der Waals surface area contributed by atoms with Gasteiger partial charge in [-0.15, -0.1) is 0 Å². The van der Waals surface area contributed by atoms with Crippen LogP contribution in [0.15, 0.2) is 36.4 Å². The maximum absolute atomic E-state index is 12.3. The summed E-state index contributed by atoms with van der Waals surface area (Å²) in [6.45, 7) is 4.03. The predicted octanol–water partition coefficient (Wildman–Crippen LogP) is 4.12. The number of rotatable bonds is 3. The Labute approximate surface area is 132 Å². The minimum Gasteiger partial charge on any atom is -0.507 e. The molecule has 4 heteroatoms. The topological polar surface area (TPSA) is 49.3 Å². The molecule has 1 amide bonds. The summed E-state index contributed by atoms with van der Waals surface area (Å²) < 4.78 is 0.726. The Bertz CT molecular complexity index is 653. The van der Waals surface area contributed by atoms with Gasteiger partial charge in [0, 0.05) is 11.3 Å². The Balaban J connectivity index is 2.30. The van der Waals surface area contributed by atoms with Crippen molar-refractivity contribution in [3.05, 3.63) is 56.7 Å². The number of halogens is 1. The van der Waals surface area contributed by atoms with Crippen molar-refractivity contribution in [3.63, 3.8) is 0 Å². The highest BCUT2D eigenvalue weighted by atomic mass is 127. The van der Waals surface area contributed by atoms with E-state index in [9.17, 15) is 9.90 Å². The zero-order valence-electron chi connectivity index (χ0n) is 11.4. The van der Waals surface area contributed by atoms with E-state index in [2.05, 4.69) is 12.2 Å². The van der Waals surface area contributed by atoms with Crippen LogP contribution >= 0.6 is 22.6 Å². The molecule has 0 aliphatic rings. The molecule has 0 radical (unpaired) electrons. The molecule has 0 saturated carbocycles. The Kier molecular flexibility index (Phi) is 4.65. The number of phenols is 1. The fourth-order valence-electron chi connectivity index (χ4n) is 2.04. The van der Waals surface area contributed by atoms with Gasteiger partial charge in [0.1, 0.15) is 5.75 Å². The SMILES string of the molecule is CCc1cccc(C)c1NC(=O)c1ccc(I)c(O)c1. The first-order valence-electron chi connectivity index (χ1n) is 6.41. The molecule has 3 nitrogen and oxygen atoms in total. The molecular formula is C16H16INO2. The standard InChI is InChI=1S/C16H16INO2/c1-3-11-6-4-5-10(2)15(11)18-16(20)12-7-8-13(17)14(19)9-12/h4-9,19H,3H2,1-2H3,(H,18,20). The second-order valence-electron chi connectivity index (χ2n) is 4.58. The quantitative estimate of drug-likeness (QED) is 0.786. The van der Waals surface area contributed by atoms with Crippen molar-refractivity contribution in [2.24, 2.45) is 0 Å². The molecule has 0 spiro atoms. The minimum absolute atomic E-state index is 0.124. The maximum Gasteiger partial charge on any atom is 0.255 e. The molecule has 0 saturated heterocycles. The first-order chi connectivity index (χ1) is 9.52. The van der Waals surface area contributed by atoms with Crippen LogP contribution in [0.1, 0.15) is 28.4 Å². The van der Waals surface area contributed by atoms with Crippen molar-refractivity contribution in [2.75, 3.05) is 5.32 Å². The zero-order chi connectivity index (χ0) is 14.7. The van der Waals surface area contributed by atoms with E-state index in [4.69, 9.17) is 0 Å². The molecule has 2 N–H and O–H groups in total. The molecule has 2 aromatic carbocycles. The molecule has 0 heterocycles. The van der Waals surface area contributed by atoms with Crippen LogP contribution in [0.4, 0.5) is 5.69 Å². The third-order valence-corrected chi connectivity index (χ3v) is 4.10. The molecular weight excluding hydrogens is 365 g/mol. The third-order valence-electron chi connectivity index (χ3n) is 3.19. The second kappa shape index (κ2) is 6.26. The number of aromatic hydroxyl groups is 1. The average Bonchev–Trinajstić information content (AvgIpc) is 2.44. The number of phenolic OH excluding ortho intramolecular Hbond substituents is 1. The van der Waals surface area contributed by atoms with Crippen LogP contribution < -0.4 is 5.32 Å². The van der Waals surface area contributed by atoms with E-state index in [1.807, 2.05) is 47.7 Å². The summed E-state index contributed by atoms with van der Waals surface area (Å²) in [7, 11) is 0. The number of hydrogen-bond acceptors (Lipinski definition) is 2. The van der Waals surface area contributed by atoms with Gasteiger partial charge in [-0.05, 0) is 65.3 Å². The van der Waals surface area contributed by atoms with Gasteiger partial charge < -0.3 is 10.4 Å². The van der Waals surface area contributed by atoms with Crippen LogP contribution in [0.5, 0.6) is 5.75 Å². The molecule has 0 aromatic heterocycles. The van der Waals surface area contributed by atoms with Crippen molar-refractivity contribution >= 4 is 34.2 Å². The van der Waals surface area contributed by atoms with E-state index in [-0.39, 0.29) is 11.7 Å². The summed E-state index contributed by atoms with van der Waals surface area (Å²) in [4.78, 5) is 12.3. The van der Waals surface area contributed by atoms with E-state index >= 15 is 0 Å². The predicted molar refractivity (Wildman–Crippen MR) is 89.3 cm³/mol. The largest absolute Gasteiger partial charge is 0.507 e. The number of aryl methyl sites for hydroxylation is 2. The highest BCUT2D eigenvalue weighted by Crippen LogP contribution is 2.24. The van der Waals surface area contributed by atoms with Crippen LogP contribution in [0, 0.1) is 10.5 Å². The number of benzene rings is 2. The third kappa shape index (κ3) is 3.12. The molecule has 20 heavy (non-hydrogen) atoms. The second-order valence-corrected chi connectivity index (χ2v) is 5.75. The number of para-hydroxylation sites is 1. The number of hydrogen-bond donors (Lipinski definition) is 2. The molecule has 2 aromatic rings. The maximum atomic E-state index is 12.3. The minimum atomic E-state index is -0.208. The van der Waals surface area contributed by atoms with Gasteiger partial charge in [0.2, 0.25) is 0 Å². The van der Waals surface area contributed by atoms with Gasteiger partial charge in [-0.2, -0.15) is 0 Å². The molecule has 0 unspecified atom stereocenters. The van der Waals surface area contributed by atoms with Gasteiger partial charge in [0.15, 0.2) is 0 Å². The molecule has 104 valence electrons. The van der Waals surface area contributed by atoms with E-state index in [1.165, 1.54) is 6.07 Å². The van der Waals surface area contributed by atoms with E-state index in [1.54, 1.807) is 12.1 Å². The molecule has 0 aliphatic carbocycles. The van der Waals surface area contributed by atoms with Gasteiger partial charge in [-0.1, -0.05) is 25.1 Å². The van der Waals surface area contributed by atoms with Crippen molar-refractivity contribution in [2.45, 2.75) is 20.3 Å². The molecule has 0 fully saturated rings. The van der Waals surface area contributed by atoms with E-state index < -0.39 is 0 Å². The summed E-state index contributed by atoms with van der Waals surface area (Å²) in [6, 6.07) is 10.9. The molecule has 2 rings (SSSR count). The molecule has 0 bridgehead atoms. The van der Waals surface area contributed by atoms with Crippen LogP contribution in [0.2, 0.25) is 0 Å². The van der Waals surface area contributed by atoms with Crippen LogP contribution in [0.25, 0.3) is 0 Å². The fourth-order valence-corrected chi connectivity index (χ4v) is 2.38. The fraction of sp³-hybridized carbons (Fsp3) is 0.188. The first-order valence-corrected chi connectivity index (χ1v) is 7.49. The average molecular weight is 381 g/mol. The number of carbonyl (C=O) groups excluding carboxylic acids is 1.